The van der Waals surface area contributed by atoms with Crippen LogP contribution < -0.4 is 0 Å². The van der Waals surface area contributed by atoms with Gasteiger partial charge in [0.2, 0.25) is 0 Å². The van der Waals surface area contributed by atoms with Gasteiger partial charge in [-0.1, -0.05) is 69.7 Å². The van der Waals surface area contributed by atoms with E-state index in [1.165, 1.54) is 12.7 Å². The highest BCUT2D eigenvalue weighted by atomic mass is 32.1. The van der Waals surface area contributed by atoms with Crippen molar-refractivity contribution in [1.82, 2.24) is 4.98 Å². The molecule has 0 aliphatic rings. The topological polar surface area (TPSA) is 57.7 Å². The Balaban J connectivity index is 2.03. The number of aryl methyl sites for hydroxylation is 1. The third-order valence-corrected chi connectivity index (χ3v) is 13.1. The highest BCUT2D eigenvalue weighted by Crippen LogP contribution is 2.37. The molecule has 0 saturated carbocycles. The molecule has 0 fully saturated rings. The molecule has 1 heterocycles. The highest BCUT2D eigenvalue weighted by Gasteiger charge is 2.37. The second kappa shape index (κ2) is 15.8. The van der Waals surface area contributed by atoms with E-state index in [-0.39, 0.29) is 11.0 Å². The zero-order valence-corrected chi connectivity index (χ0v) is 28.2. The number of aromatic nitrogens is 1. The molecule has 40 heavy (non-hydrogen) atoms. The lowest BCUT2D eigenvalue weighted by Gasteiger charge is -2.37. The van der Waals surface area contributed by atoms with Gasteiger partial charge in [0, 0.05) is 25.5 Å². The molecule has 2 rings (SSSR count). The van der Waals surface area contributed by atoms with Crippen LogP contribution in [0.3, 0.4) is 0 Å². The van der Waals surface area contributed by atoms with Crippen LogP contribution in [0.25, 0.3) is 6.08 Å². The largest absolute Gasteiger partial charge is 0.455 e. The first kappa shape index (κ1) is 34.1. The van der Waals surface area contributed by atoms with E-state index in [1.54, 1.807) is 11.3 Å². The Morgan fingerprint density at radius 2 is 1.82 bits per heavy atom. The monoisotopic (exact) mass is 585 g/mol. The number of ether oxygens (including phenoxy) is 2. The molecule has 0 spiro atoms. The van der Waals surface area contributed by atoms with Crippen LogP contribution in [0, 0.1) is 12.8 Å². The van der Waals surface area contributed by atoms with Crippen molar-refractivity contribution in [3.63, 3.8) is 0 Å². The molecule has 2 aromatic rings. The Hall–Kier alpha value is -2.06. The maximum Gasteiger partial charge on any atom is 0.340 e. The van der Waals surface area contributed by atoms with E-state index in [0.29, 0.717) is 12.3 Å². The van der Waals surface area contributed by atoms with Gasteiger partial charge < -0.3 is 13.9 Å². The van der Waals surface area contributed by atoms with Crippen molar-refractivity contribution in [2.45, 2.75) is 104 Å². The fraction of sp³-hybridized carbons (Fsp3) is 0.576. The first-order chi connectivity index (χ1) is 18.7. The van der Waals surface area contributed by atoms with E-state index in [1.807, 2.05) is 55.6 Å². The summed E-state index contributed by atoms with van der Waals surface area (Å²) in [5, 5.41) is 3.27. The van der Waals surface area contributed by atoms with Crippen LogP contribution in [0.5, 0.6) is 0 Å². The molecule has 0 radical (unpaired) electrons. The number of benzene rings is 1. The molecule has 0 N–H and O–H groups in total. The second-order valence-electron chi connectivity index (χ2n) is 12.5. The van der Waals surface area contributed by atoms with Gasteiger partial charge in [0.1, 0.15) is 6.10 Å². The SMILES string of the molecule is CO[C@@H](C(=O)O[C@H](CC=C(C)CCCC(C)CO[Si](C)(C)C(C)(C)C)C(C)=Cc1csc(C)n1)c1ccccc1. The van der Waals surface area contributed by atoms with Gasteiger partial charge in [-0.2, -0.15) is 0 Å². The molecule has 5 nitrogen and oxygen atoms in total. The zero-order valence-electron chi connectivity index (χ0n) is 26.4. The van der Waals surface area contributed by atoms with Crippen LogP contribution in [0.1, 0.15) is 89.6 Å². The van der Waals surface area contributed by atoms with Crippen molar-refractivity contribution in [3.05, 3.63) is 69.2 Å². The van der Waals surface area contributed by atoms with Crippen LogP contribution in [-0.4, -0.2) is 39.1 Å². The number of methoxy groups -OCH3 is 1. The van der Waals surface area contributed by atoms with Crippen molar-refractivity contribution in [3.8, 4) is 0 Å². The summed E-state index contributed by atoms with van der Waals surface area (Å²) in [5.74, 6) is 0.147. The summed E-state index contributed by atoms with van der Waals surface area (Å²) in [7, 11) is -0.170. The summed E-state index contributed by atoms with van der Waals surface area (Å²) < 4.78 is 18.0. The summed E-state index contributed by atoms with van der Waals surface area (Å²) >= 11 is 1.61. The third kappa shape index (κ3) is 11.1. The number of esters is 1. The van der Waals surface area contributed by atoms with E-state index >= 15 is 0 Å². The molecule has 0 bridgehead atoms. The summed E-state index contributed by atoms with van der Waals surface area (Å²) in [6.45, 7) is 20.8. The van der Waals surface area contributed by atoms with E-state index in [4.69, 9.17) is 13.9 Å². The fourth-order valence-electron chi connectivity index (χ4n) is 4.09. The van der Waals surface area contributed by atoms with Crippen LogP contribution in [-0.2, 0) is 18.7 Å². The van der Waals surface area contributed by atoms with Crippen LogP contribution in [0.4, 0.5) is 0 Å². The Kier molecular flexibility index (Phi) is 13.5. The summed E-state index contributed by atoms with van der Waals surface area (Å²) in [6.07, 6.45) is 6.93. The van der Waals surface area contributed by atoms with Crippen LogP contribution in [0.15, 0.2) is 52.9 Å². The minimum absolute atomic E-state index is 0.237. The summed E-state index contributed by atoms with van der Waals surface area (Å²) in [4.78, 5) is 17.8. The van der Waals surface area contributed by atoms with Crippen molar-refractivity contribution >= 4 is 31.7 Å². The molecule has 0 amide bonds. The maximum atomic E-state index is 13.2. The summed E-state index contributed by atoms with van der Waals surface area (Å²) in [6, 6.07) is 9.48. The van der Waals surface area contributed by atoms with Crippen molar-refractivity contribution < 1.29 is 18.7 Å². The predicted molar refractivity (Wildman–Crippen MR) is 171 cm³/mol. The second-order valence-corrected chi connectivity index (χ2v) is 18.4. The number of carbonyl (C=O) groups excluding carboxylic acids is 1. The molecular weight excluding hydrogens is 535 g/mol. The van der Waals surface area contributed by atoms with Crippen molar-refractivity contribution in [2.75, 3.05) is 13.7 Å². The van der Waals surface area contributed by atoms with Gasteiger partial charge in [0.05, 0.1) is 10.7 Å². The van der Waals surface area contributed by atoms with Gasteiger partial charge in [-0.05, 0) is 81.3 Å². The molecule has 1 aromatic heterocycles. The first-order valence-electron chi connectivity index (χ1n) is 14.4. The molecule has 0 aliphatic heterocycles. The van der Waals surface area contributed by atoms with Gasteiger partial charge in [-0.25, -0.2) is 9.78 Å². The fourth-order valence-corrected chi connectivity index (χ4v) is 5.79. The Morgan fingerprint density at radius 3 is 2.40 bits per heavy atom. The normalized spacial score (nSPS) is 15.6. The van der Waals surface area contributed by atoms with Crippen LogP contribution in [0.2, 0.25) is 18.1 Å². The highest BCUT2D eigenvalue weighted by molar-refractivity contribution is 7.09. The standard InChI is InChI=1S/C33H51NO4SSi/c1-24(15-14-16-25(2)22-37-40(9,10)33(5,6)7)19-20-30(26(3)21-29-23-39-27(4)34-29)38-32(35)31(36-8)28-17-12-11-13-18-28/h11-13,17-19,21,23,25,30-31H,14-16,20,22H2,1-10H3/t25?,30-,31-/m1/s1. The molecular formula is C33H51NO4SSi. The Labute approximate surface area is 248 Å². The maximum absolute atomic E-state index is 13.2. The molecule has 1 unspecified atom stereocenters. The molecule has 0 saturated heterocycles. The number of rotatable bonds is 15. The van der Waals surface area contributed by atoms with E-state index in [2.05, 4.69) is 58.8 Å². The average molecular weight is 586 g/mol. The Morgan fingerprint density at radius 1 is 1.15 bits per heavy atom. The van der Waals surface area contributed by atoms with Crippen LogP contribution >= 0.6 is 11.3 Å². The van der Waals surface area contributed by atoms with Gasteiger partial charge in [-0.3, -0.25) is 0 Å². The van der Waals surface area contributed by atoms with Gasteiger partial charge in [0.15, 0.2) is 14.4 Å². The lowest BCUT2D eigenvalue weighted by atomic mass is 10.00. The van der Waals surface area contributed by atoms with E-state index in [9.17, 15) is 4.79 Å². The third-order valence-electron chi connectivity index (χ3n) is 7.81. The smallest absolute Gasteiger partial charge is 0.340 e. The van der Waals surface area contributed by atoms with Gasteiger partial charge in [0.25, 0.3) is 0 Å². The zero-order chi connectivity index (χ0) is 29.9. The van der Waals surface area contributed by atoms with Gasteiger partial charge in [-0.15, -0.1) is 11.3 Å². The first-order valence-corrected chi connectivity index (χ1v) is 18.2. The predicted octanol–water partition coefficient (Wildman–Crippen LogP) is 9.32. The van der Waals surface area contributed by atoms with Crippen molar-refractivity contribution in [2.24, 2.45) is 5.92 Å². The lowest BCUT2D eigenvalue weighted by Crippen LogP contribution is -2.41. The number of thiazole rings is 1. The average Bonchev–Trinajstić information content (AvgIpc) is 3.29. The minimum Gasteiger partial charge on any atom is -0.455 e. The lowest BCUT2D eigenvalue weighted by molar-refractivity contribution is -0.159. The minimum atomic E-state index is -1.71. The number of hydrogen-bond acceptors (Lipinski definition) is 6. The van der Waals surface area contributed by atoms with E-state index in [0.717, 1.165) is 47.7 Å². The Bertz CT molecular complexity index is 1120. The molecule has 7 heteroatoms. The molecule has 1 aromatic carbocycles. The number of hydrogen-bond donors (Lipinski definition) is 0. The molecule has 222 valence electrons. The number of carbonyl (C=O) groups is 1. The number of nitrogens with zero attached hydrogens (tertiary/aromatic N) is 1. The quantitative estimate of drug-likeness (QED) is 0.118. The molecule has 0 aliphatic carbocycles. The van der Waals surface area contributed by atoms with Crippen molar-refractivity contribution in [1.29, 1.82) is 0 Å². The summed E-state index contributed by atoms with van der Waals surface area (Å²) in [5.41, 5.74) is 3.94. The molecule has 3 atom stereocenters. The number of allylic oxidation sites excluding steroid dienone is 1. The van der Waals surface area contributed by atoms with Gasteiger partial charge >= 0.3 is 5.97 Å². The van der Waals surface area contributed by atoms with E-state index < -0.39 is 20.5 Å².